The van der Waals surface area contributed by atoms with Crippen molar-refractivity contribution in [1.82, 2.24) is 19.9 Å². The minimum Gasteiger partial charge on any atom is -0.469 e. The van der Waals surface area contributed by atoms with E-state index in [1.807, 2.05) is 36.6 Å². The van der Waals surface area contributed by atoms with Gasteiger partial charge in [0.2, 0.25) is 5.16 Å². The second-order valence-electron chi connectivity index (χ2n) is 6.85. The van der Waals surface area contributed by atoms with Gasteiger partial charge in [0.15, 0.2) is 5.82 Å². The number of hydrazone groups is 1. The summed E-state index contributed by atoms with van der Waals surface area (Å²) < 4.78 is 12.2. The quantitative estimate of drug-likeness (QED) is 0.349. The summed E-state index contributed by atoms with van der Waals surface area (Å²) in [6, 6.07) is 9.27. The third kappa shape index (κ3) is 3.66. The Hall–Kier alpha value is -3.31. The summed E-state index contributed by atoms with van der Waals surface area (Å²) in [5.74, 6) is 7.99. The molecule has 9 nitrogen and oxygen atoms in total. The molecule has 1 aliphatic rings. The number of amides is 1. The van der Waals surface area contributed by atoms with E-state index in [0.29, 0.717) is 28.9 Å². The van der Waals surface area contributed by atoms with Crippen LogP contribution in [0.4, 0.5) is 0 Å². The highest BCUT2D eigenvalue weighted by Crippen LogP contribution is 2.36. The molecule has 5 heterocycles. The van der Waals surface area contributed by atoms with Crippen LogP contribution in [0.3, 0.4) is 0 Å². The van der Waals surface area contributed by atoms with E-state index in [4.69, 9.17) is 14.7 Å². The van der Waals surface area contributed by atoms with Gasteiger partial charge in [-0.25, -0.2) is 9.69 Å². The predicted molar refractivity (Wildman–Crippen MR) is 117 cm³/mol. The summed E-state index contributed by atoms with van der Waals surface area (Å²) in [6.07, 6.45) is 3.77. The molecule has 1 atom stereocenters. The molecule has 2 N–H and O–H groups in total. The molecule has 4 aromatic rings. The molecule has 5 rings (SSSR count). The molecular weight excluding hydrogens is 436 g/mol. The van der Waals surface area contributed by atoms with E-state index in [1.165, 1.54) is 21.4 Å². The van der Waals surface area contributed by atoms with Crippen LogP contribution in [0.2, 0.25) is 0 Å². The summed E-state index contributed by atoms with van der Waals surface area (Å²) in [5.41, 5.74) is 1.51. The number of carbonyl (C=O) groups excluding carboxylic acids is 1. The predicted octanol–water partition coefficient (Wildman–Crippen LogP) is 3.68. The van der Waals surface area contributed by atoms with Crippen LogP contribution in [0.5, 0.6) is 0 Å². The van der Waals surface area contributed by atoms with Gasteiger partial charge in [-0.05, 0) is 36.6 Å². The minimum absolute atomic E-state index is 0.122. The van der Waals surface area contributed by atoms with Crippen LogP contribution in [0.25, 0.3) is 11.4 Å². The highest BCUT2D eigenvalue weighted by atomic mass is 32.2. The van der Waals surface area contributed by atoms with Crippen molar-refractivity contribution in [3.05, 3.63) is 64.6 Å². The number of carbonyl (C=O) groups is 1. The highest BCUT2D eigenvalue weighted by molar-refractivity contribution is 7.99. The lowest BCUT2D eigenvalue weighted by atomic mass is 10.1. The second-order valence-corrected chi connectivity index (χ2v) is 8.77. The van der Waals surface area contributed by atoms with E-state index in [9.17, 15) is 4.79 Å². The Kier molecular flexibility index (Phi) is 5.12. The molecule has 0 saturated heterocycles. The van der Waals surface area contributed by atoms with Gasteiger partial charge < -0.3 is 14.7 Å². The summed E-state index contributed by atoms with van der Waals surface area (Å²) in [4.78, 5) is 14.2. The standard InChI is InChI=1S/C20H18N6O3S2/c1-12-13(6-8-28-12)19-22-23-20(25(19)21)31-11-18(27)26-15(17-5-3-9-30-17)10-14(24-26)16-4-2-7-29-16/h2-9,15H,10-11,21H2,1H3. The number of furan rings is 2. The maximum absolute atomic E-state index is 13.1. The van der Waals surface area contributed by atoms with E-state index in [0.717, 1.165) is 16.2 Å². The van der Waals surface area contributed by atoms with Crippen LogP contribution in [0.15, 0.2) is 67.3 Å². The van der Waals surface area contributed by atoms with Crippen molar-refractivity contribution in [3.8, 4) is 11.4 Å². The molecule has 1 aliphatic heterocycles. The van der Waals surface area contributed by atoms with E-state index in [1.54, 1.807) is 29.9 Å². The van der Waals surface area contributed by atoms with E-state index < -0.39 is 0 Å². The monoisotopic (exact) mass is 454 g/mol. The number of aromatic nitrogens is 3. The zero-order valence-corrected chi connectivity index (χ0v) is 18.1. The Morgan fingerprint density at radius 1 is 1.26 bits per heavy atom. The molecule has 0 saturated carbocycles. The highest BCUT2D eigenvalue weighted by Gasteiger charge is 2.34. The molecule has 4 aromatic heterocycles. The summed E-state index contributed by atoms with van der Waals surface area (Å²) >= 11 is 2.82. The molecule has 0 aliphatic carbocycles. The van der Waals surface area contributed by atoms with E-state index in [-0.39, 0.29) is 17.7 Å². The number of thiophene rings is 1. The minimum atomic E-state index is -0.159. The number of hydrogen-bond acceptors (Lipinski definition) is 9. The number of nitrogen functional groups attached to an aromatic ring is 1. The smallest absolute Gasteiger partial charge is 0.253 e. The molecule has 0 fully saturated rings. The van der Waals surface area contributed by atoms with E-state index in [2.05, 4.69) is 15.3 Å². The first-order valence-corrected chi connectivity index (χ1v) is 11.3. The Morgan fingerprint density at radius 2 is 2.16 bits per heavy atom. The zero-order valence-electron chi connectivity index (χ0n) is 16.5. The van der Waals surface area contributed by atoms with Crippen molar-refractivity contribution < 1.29 is 13.6 Å². The van der Waals surface area contributed by atoms with Gasteiger partial charge in [-0.3, -0.25) is 4.79 Å². The Morgan fingerprint density at radius 3 is 2.87 bits per heavy atom. The largest absolute Gasteiger partial charge is 0.469 e. The first kappa shape index (κ1) is 19.6. The van der Waals surface area contributed by atoms with Crippen molar-refractivity contribution in [1.29, 1.82) is 0 Å². The molecule has 31 heavy (non-hydrogen) atoms. The molecule has 0 aromatic carbocycles. The van der Waals surface area contributed by atoms with Gasteiger partial charge in [0.1, 0.15) is 17.2 Å². The molecule has 1 unspecified atom stereocenters. The van der Waals surface area contributed by atoms with Crippen LogP contribution < -0.4 is 5.84 Å². The van der Waals surface area contributed by atoms with Crippen molar-refractivity contribution in [3.63, 3.8) is 0 Å². The molecular formula is C20H18N6O3S2. The number of rotatable bonds is 6. The van der Waals surface area contributed by atoms with Gasteiger partial charge in [-0.2, -0.15) is 5.10 Å². The van der Waals surface area contributed by atoms with Gasteiger partial charge in [0.05, 0.1) is 29.9 Å². The van der Waals surface area contributed by atoms with Crippen molar-refractivity contribution in [2.45, 2.75) is 24.5 Å². The zero-order chi connectivity index (χ0) is 21.4. The van der Waals surface area contributed by atoms with Crippen molar-refractivity contribution in [2.24, 2.45) is 5.10 Å². The summed E-state index contributed by atoms with van der Waals surface area (Å²) in [5, 5.41) is 16.8. The number of nitrogens with zero attached hydrogens (tertiary/aromatic N) is 5. The fraction of sp³-hybridized carbons (Fsp3) is 0.200. The van der Waals surface area contributed by atoms with Crippen LogP contribution in [0, 0.1) is 6.92 Å². The lowest BCUT2D eigenvalue weighted by Crippen LogP contribution is -2.28. The topological polar surface area (TPSA) is 116 Å². The van der Waals surface area contributed by atoms with Gasteiger partial charge >= 0.3 is 0 Å². The van der Waals surface area contributed by atoms with Crippen molar-refractivity contribution in [2.75, 3.05) is 11.6 Å². The third-order valence-corrected chi connectivity index (χ3v) is 6.83. The molecule has 1 amide bonds. The molecule has 0 bridgehead atoms. The lowest BCUT2D eigenvalue weighted by molar-refractivity contribution is -0.130. The maximum Gasteiger partial charge on any atom is 0.253 e. The number of hydrogen-bond donors (Lipinski definition) is 1. The van der Waals surface area contributed by atoms with Gasteiger partial charge in [-0.1, -0.05) is 17.8 Å². The molecule has 0 spiro atoms. The third-order valence-electron chi connectivity index (χ3n) is 4.93. The SMILES string of the molecule is Cc1occc1-c1nnc(SCC(=O)N2N=C(c3ccco3)CC2c2cccs2)n1N. The first-order valence-electron chi connectivity index (χ1n) is 9.46. The lowest BCUT2D eigenvalue weighted by Gasteiger charge is -2.20. The number of aryl methyl sites for hydroxylation is 1. The normalized spacial score (nSPS) is 16.1. The van der Waals surface area contributed by atoms with Crippen LogP contribution in [-0.4, -0.2) is 37.3 Å². The Bertz CT molecular complexity index is 1230. The van der Waals surface area contributed by atoms with Gasteiger partial charge in [0, 0.05) is 11.3 Å². The average Bonchev–Trinajstić information content (AvgIpc) is 3.57. The van der Waals surface area contributed by atoms with Crippen LogP contribution >= 0.6 is 23.1 Å². The van der Waals surface area contributed by atoms with Crippen LogP contribution in [-0.2, 0) is 4.79 Å². The molecule has 158 valence electrons. The fourth-order valence-electron chi connectivity index (χ4n) is 3.40. The Balaban J connectivity index is 1.34. The average molecular weight is 455 g/mol. The fourth-order valence-corrected chi connectivity index (χ4v) is 4.92. The second kappa shape index (κ2) is 8.08. The van der Waals surface area contributed by atoms with Gasteiger partial charge in [-0.15, -0.1) is 21.5 Å². The van der Waals surface area contributed by atoms with Gasteiger partial charge in [0.25, 0.3) is 5.91 Å². The maximum atomic E-state index is 13.1. The molecule has 0 radical (unpaired) electrons. The number of nitrogens with two attached hydrogens (primary N) is 1. The number of thioether (sulfide) groups is 1. The first-order chi connectivity index (χ1) is 15.1. The summed E-state index contributed by atoms with van der Waals surface area (Å²) in [6.45, 7) is 1.83. The van der Waals surface area contributed by atoms with Crippen molar-refractivity contribution >= 4 is 34.7 Å². The summed E-state index contributed by atoms with van der Waals surface area (Å²) in [7, 11) is 0. The Labute approximate surface area is 185 Å². The van der Waals surface area contributed by atoms with Crippen LogP contribution in [0.1, 0.15) is 28.9 Å². The molecule has 11 heteroatoms. The van der Waals surface area contributed by atoms with E-state index >= 15 is 0 Å².